The summed E-state index contributed by atoms with van der Waals surface area (Å²) in [5.74, 6) is -0.246. The molecule has 1 amide bonds. The van der Waals surface area contributed by atoms with Crippen molar-refractivity contribution >= 4 is 17.3 Å². The SMILES string of the molecule is COc1cc([N+](=O)[O-])ccc1NC(=O)CN(C1CC1)C(C)c1cccc(C(F)(F)F)c1. The van der Waals surface area contributed by atoms with Crippen molar-refractivity contribution in [1.29, 1.82) is 0 Å². The average Bonchev–Trinajstić information content (AvgIpc) is 3.56. The Morgan fingerprint density at radius 3 is 2.58 bits per heavy atom. The molecular weight excluding hydrogens is 415 g/mol. The predicted octanol–water partition coefficient (Wildman–Crippen LogP) is 4.79. The number of amides is 1. The summed E-state index contributed by atoms with van der Waals surface area (Å²) in [6.45, 7) is 1.73. The third-order valence-corrected chi connectivity index (χ3v) is 5.21. The summed E-state index contributed by atoms with van der Waals surface area (Å²) in [7, 11) is 1.33. The maximum atomic E-state index is 13.1. The molecule has 1 fully saturated rings. The first-order chi connectivity index (χ1) is 14.6. The maximum absolute atomic E-state index is 13.1. The highest BCUT2D eigenvalue weighted by Gasteiger charge is 2.36. The summed E-state index contributed by atoms with van der Waals surface area (Å²) in [4.78, 5) is 24.9. The van der Waals surface area contributed by atoms with Crippen LogP contribution < -0.4 is 10.1 Å². The van der Waals surface area contributed by atoms with E-state index < -0.39 is 28.6 Å². The highest BCUT2D eigenvalue weighted by molar-refractivity contribution is 5.94. The van der Waals surface area contributed by atoms with Gasteiger partial charge in [0, 0.05) is 18.2 Å². The molecule has 0 saturated heterocycles. The molecule has 0 heterocycles. The van der Waals surface area contributed by atoms with E-state index in [-0.39, 0.29) is 29.7 Å². The van der Waals surface area contributed by atoms with Crippen molar-refractivity contribution < 1.29 is 27.6 Å². The van der Waals surface area contributed by atoms with Crippen molar-refractivity contribution in [1.82, 2.24) is 4.90 Å². The molecule has 0 aromatic heterocycles. The lowest BCUT2D eigenvalue weighted by atomic mass is 10.0. The number of nitrogens with zero attached hydrogens (tertiary/aromatic N) is 2. The van der Waals surface area contributed by atoms with Gasteiger partial charge in [0.2, 0.25) is 5.91 Å². The smallest absolute Gasteiger partial charge is 0.416 e. The summed E-state index contributed by atoms with van der Waals surface area (Å²) < 4.78 is 44.3. The zero-order valence-corrected chi connectivity index (χ0v) is 17.0. The molecule has 2 aromatic carbocycles. The average molecular weight is 437 g/mol. The van der Waals surface area contributed by atoms with Crippen LogP contribution in [0.15, 0.2) is 42.5 Å². The Labute approximate surface area is 177 Å². The van der Waals surface area contributed by atoms with Gasteiger partial charge in [-0.05, 0) is 43.5 Å². The fourth-order valence-electron chi connectivity index (χ4n) is 3.41. The van der Waals surface area contributed by atoms with Gasteiger partial charge in [-0.2, -0.15) is 13.2 Å². The zero-order chi connectivity index (χ0) is 22.8. The minimum atomic E-state index is -4.44. The summed E-state index contributed by atoms with van der Waals surface area (Å²) in [6, 6.07) is 8.65. The van der Waals surface area contributed by atoms with E-state index in [1.54, 1.807) is 13.0 Å². The predicted molar refractivity (Wildman–Crippen MR) is 108 cm³/mol. The van der Waals surface area contributed by atoms with Crippen LogP contribution in [-0.4, -0.2) is 35.4 Å². The van der Waals surface area contributed by atoms with Gasteiger partial charge in [0.25, 0.3) is 5.69 Å². The lowest BCUT2D eigenvalue weighted by Crippen LogP contribution is -2.37. The minimum Gasteiger partial charge on any atom is -0.494 e. The lowest BCUT2D eigenvalue weighted by Gasteiger charge is -2.29. The number of benzene rings is 2. The Morgan fingerprint density at radius 2 is 2.00 bits per heavy atom. The number of carbonyl (C=O) groups is 1. The second-order valence-corrected chi connectivity index (χ2v) is 7.39. The molecule has 7 nitrogen and oxygen atoms in total. The Morgan fingerprint density at radius 1 is 1.29 bits per heavy atom. The van der Waals surface area contributed by atoms with Gasteiger partial charge in [-0.25, -0.2) is 0 Å². The van der Waals surface area contributed by atoms with E-state index in [1.165, 1.54) is 31.4 Å². The number of carbonyl (C=O) groups excluding carboxylic acids is 1. The van der Waals surface area contributed by atoms with Gasteiger partial charge in [0.1, 0.15) is 5.75 Å². The minimum absolute atomic E-state index is 0.0395. The fraction of sp³-hybridized carbons (Fsp3) is 0.381. The van der Waals surface area contributed by atoms with Gasteiger partial charge in [0.05, 0.1) is 35.9 Å². The number of hydrogen-bond acceptors (Lipinski definition) is 5. The van der Waals surface area contributed by atoms with E-state index in [9.17, 15) is 28.1 Å². The summed E-state index contributed by atoms with van der Waals surface area (Å²) in [6.07, 6.45) is -2.72. The number of nitrogens with one attached hydrogen (secondary N) is 1. The lowest BCUT2D eigenvalue weighted by molar-refractivity contribution is -0.384. The van der Waals surface area contributed by atoms with Crippen LogP contribution >= 0.6 is 0 Å². The molecule has 0 bridgehead atoms. The van der Waals surface area contributed by atoms with Crippen molar-refractivity contribution in [3.8, 4) is 5.75 Å². The van der Waals surface area contributed by atoms with Crippen LogP contribution in [0.4, 0.5) is 24.5 Å². The Balaban J connectivity index is 1.75. The number of nitro benzene ring substituents is 1. The van der Waals surface area contributed by atoms with Crippen molar-refractivity contribution in [3.05, 3.63) is 63.7 Å². The van der Waals surface area contributed by atoms with Crippen LogP contribution in [0.5, 0.6) is 5.75 Å². The highest BCUT2D eigenvalue weighted by atomic mass is 19.4. The van der Waals surface area contributed by atoms with E-state index in [1.807, 2.05) is 4.90 Å². The summed E-state index contributed by atoms with van der Waals surface area (Å²) >= 11 is 0. The molecular formula is C21H22F3N3O4. The van der Waals surface area contributed by atoms with Gasteiger partial charge in [0.15, 0.2) is 0 Å². The molecule has 166 valence electrons. The van der Waals surface area contributed by atoms with E-state index >= 15 is 0 Å². The number of methoxy groups -OCH3 is 1. The van der Waals surface area contributed by atoms with E-state index in [4.69, 9.17) is 4.74 Å². The maximum Gasteiger partial charge on any atom is 0.416 e. The van der Waals surface area contributed by atoms with Crippen LogP contribution in [0.25, 0.3) is 0 Å². The Bertz CT molecular complexity index is 977. The first kappa shape index (κ1) is 22.5. The van der Waals surface area contributed by atoms with Gasteiger partial charge in [-0.3, -0.25) is 19.8 Å². The fourth-order valence-corrected chi connectivity index (χ4v) is 3.41. The van der Waals surface area contributed by atoms with Crippen LogP contribution in [0.3, 0.4) is 0 Å². The largest absolute Gasteiger partial charge is 0.494 e. The molecule has 1 aliphatic carbocycles. The number of alkyl halides is 3. The van der Waals surface area contributed by atoms with Gasteiger partial charge >= 0.3 is 6.18 Å². The number of hydrogen-bond donors (Lipinski definition) is 1. The van der Waals surface area contributed by atoms with E-state index in [0.717, 1.165) is 25.0 Å². The molecule has 1 unspecified atom stereocenters. The first-order valence-electron chi connectivity index (χ1n) is 9.65. The quantitative estimate of drug-likeness (QED) is 0.474. The molecule has 0 radical (unpaired) electrons. The molecule has 1 saturated carbocycles. The molecule has 2 aromatic rings. The van der Waals surface area contributed by atoms with Crippen molar-refractivity contribution in [2.45, 2.75) is 38.0 Å². The van der Waals surface area contributed by atoms with Crippen LogP contribution in [0, 0.1) is 10.1 Å². The Kier molecular flexibility index (Phi) is 6.49. The van der Waals surface area contributed by atoms with E-state index in [2.05, 4.69) is 5.32 Å². The second-order valence-electron chi connectivity index (χ2n) is 7.39. The van der Waals surface area contributed by atoms with Gasteiger partial charge < -0.3 is 10.1 Å². The number of ether oxygens (including phenoxy) is 1. The number of halogens is 3. The zero-order valence-electron chi connectivity index (χ0n) is 17.0. The van der Waals surface area contributed by atoms with Crippen molar-refractivity contribution in [3.63, 3.8) is 0 Å². The number of non-ortho nitro benzene ring substituents is 1. The monoisotopic (exact) mass is 437 g/mol. The van der Waals surface area contributed by atoms with Gasteiger partial charge in [-0.1, -0.05) is 12.1 Å². The van der Waals surface area contributed by atoms with Crippen LogP contribution in [0.2, 0.25) is 0 Å². The molecule has 1 atom stereocenters. The summed E-state index contributed by atoms with van der Waals surface area (Å²) in [5.41, 5.74) is -0.150. The molecule has 0 spiro atoms. The number of anilines is 1. The molecule has 0 aliphatic heterocycles. The van der Waals surface area contributed by atoms with Crippen molar-refractivity contribution in [2.75, 3.05) is 19.0 Å². The molecule has 10 heteroatoms. The van der Waals surface area contributed by atoms with Crippen LogP contribution in [-0.2, 0) is 11.0 Å². The third-order valence-electron chi connectivity index (χ3n) is 5.21. The molecule has 1 N–H and O–H groups in total. The summed E-state index contributed by atoms with van der Waals surface area (Å²) in [5, 5.41) is 13.6. The molecule has 1 aliphatic rings. The molecule has 3 rings (SSSR count). The van der Waals surface area contributed by atoms with Crippen molar-refractivity contribution in [2.24, 2.45) is 0 Å². The Hall–Kier alpha value is -3.14. The second kappa shape index (κ2) is 8.93. The highest BCUT2D eigenvalue weighted by Crippen LogP contribution is 2.37. The topological polar surface area (TPSA) is 84.7 Å². The number of nitro groups is 1. The first-order valence-corrected chi connectivity index (χ1v) is 9.65. The van der Waals surface area contributed by atoms with Crippen LogP contribution in [0.1, 0.15) is 36.9 Å². The third kappa shape index (κ3) is 5.52. The molecule has 31 heavy (non-hydrogen) atoms. The van der Waals surface area contributed by atoms with E-state index in [0.29, 0.717) is 5.56 Å². The number of rotatable bonds is 8. The standard InChI is InChI=1S/C21H22F3N3O4/c1-13(14-4-3-5-15(10-14)21(22,23)24)26(16-6-7-16)12-20(28)25-18-9-8-17(27(29)30)11-19(18)31-2/h3-5,8-11,13,16H,6-7,12H2,1-2H3,(H,25,28). The van der Waals surface area contributed by atoms with Gasteiger partial charge in [-0.15, -0.1) is 0 Å². The normalized spacial score (nSPS) is 14.9.